The van der Waals surface area contributed by atoms with E-state index in [0.717, 1.165) is 24.5 Å². The van der Waals surface area contributed by atoms with E-state index >= 15 is 0 Å². The first-order valence-electron chi connectivity index (χ1n) is 6.14. The van der Waals surface area contributed by atoms with E-state index in [2.05, 4.69) is 17.4 Å². The summed E-state index contributed by atoms with van der Waals surface area (Å²) < 4.78 is 11.1. The SMILES string of the molecule is CNCc1cccc(OC2C=CC(OC)=CC2)c1. The van der Waals surface area contributed by atoms with Crippen LogP contribution in [0.15, 0.2) is 48.3 Å². The Bertz CT molecular complexity index is 452. The molecule has 0 radical (unpaired) electrons. The average Bonchev–Trinajstić information content (AvgIpc) is 2.40. The minimum atomic E-state index is 0.0914. The fourth-order valence-electron chi connectivity index (χ4n) is 1.93. The number of nitrogens with one attached hydrogen (secondary N) is 1. The summed E-state index contributed by atoms with van der Waals surface area (Å²) in [5.41, 5.74) is 1.22. The predicted molar refractivity (Wildman–Crippen MR) is 72.5 cm³/mol. The first-order chi connectivity index (χ1) is 8.81. The molecule has 0 heterocycles. The standard InChI is InChI=1S/C15H19NO2/c1-16-11-12-4-3-5-15(10-12)18-14-8-6-13(17-2)7-9-14/h3-8,10,14,16H,9,11H2,1-2H3. The Kier molecular flexibility index (Phi) is 4.42. The van der Waals surface area contributed by atoms with E-state index in [0.29, 0.717) is 0 Å². The normalized spacial score (nSPS) is 18.3. The maximum Gasteiger partial charge on any atom is 0.121 e. The van der Waals surface area contributed by atoms with E-state index in [9.17, 15) is 0 Å². The molecule has 1 aliphatic rings. The van der Waals surface area contributed by atoms with Gasteiger partial charge in [0.15, 0.2) is 0 Å². The monoisotopic (exact) mass is 245 g/mol. The summed E-state index contributed by atoms with van der Waals surface area (Å²) in [6.45, 7) is 0.853. The number of allylic oxidation sites excluding steroid dienone is 1. The van der Waals surface area contributed by atoms with Crippen LogP contribution in [0, 0.1) is 0 Å². The minimum Gasteiger partial charge on any atom is -0.497 e. The number of rotatable bonds is 5. The molecule has 1 N–H and O–H groups in total. The van der Waals surface area contributed by atoms with Crippen molar-refractivity contribution in [3.05, 3.63) is 53.8 Å². The van der Waals surface area contributed by atoms with Gasteiger partial charge < -0.3 is 14.8 Å². The number of hydrogen-bond acceptors (Lipinski definition) is 3. The zero-order valence-corrected chi connectivity index (χ0v) is 10.8. The van der Waals surface area contributed by atoms with Crippen LogP contribution in [0.4, 0.5) is 0 Å². The van der Waals surface area contributed by atoms with Crippen molar-refractivity contribution in [2.24, 2.45) is 0 Å². The van der Waals surface area contributed by atoms with Gasteiger partial charge in [-0.2, -0.15) is 0 Å². The average molecular weight is 245 g/mol. The van der Waals surface area contributed by atoms with Gasteiger partial charge in [-0.25, -0.2) is 0 Å². The van der Waals surface area contributed by atoms with Crippen molar-refractivity contribution in [1.82, 2.24) is 5.32 Å². The molecule has 0 spiro atoms. The first-order valence-corrected chi connectivity index (χ1v) is 6.14. The molecule has 2 rings (SSSR count). The molecule has 18 heavy (non-hydrogen) atoms. The largest absolute Gasteiger partial charge is 0.497 e. The molecule has 3 heteroatoms. The highest BCUT2D eigenvalue weighted by Crippen LogP contribution is 2.19. The van der Waals surface area contributed by atoms with Gasteiger partial charge in [-0.15, -0.1) is 0 Å². The summed E-state index contributed by atoms with van der Waals surface area (Å²) in [7, 11) is 3.62. The van der Waals surface area contributed by atoms with Gasteiger partial charge in [-0.1, -0.05) is 12.1 Å². The highest BCUT2D eigenvalue weighted by molar-refractivity contribution is 5.30. The Morgan fingerprint density at radius 1 is 1.39 bits per heavy atom. The van der Waals surface area contributed by atoms with Crippen LogP contribution >= 0.6 is 0 Å². The second-order valence-corrected chi connectivity index (χ2v) is 4.24. The second kappa shape index (κ2) is 6.26. The van der Waals surface area contributed by atoms with Crippen molar-refractivity contribution >= 4 is 0 Å². The van der Waals surface area contributed by atoms with Gasteiger partial charge >= 0.3 is 0 Å². The number of hydrogen-bond donors (Lipinski definition) is 1. The molecule has 1 atom stereocenters. The van der Waals surface area contributed by atoms with Gasteiger partial charge in [0.25, 0.3) is 0 Å². The Hall–Kier alpha value is -1.74. The van der Waals surface area contributed by atoms with Crippen LogP contribution in [-0.2, 0) is 11.3 Å². The molecule has 0 saturated heterocycles. The third-order valence-corrected chi connectivity index (χ3v) is 2.83. The smallest absolute Gasteiger partial charge is 0.121 e. The lowest BCUT2D eigenvalue weighted by Gasteiger charge is -2.18. The van der Waals surface area contributed by atoms with Crippen LogP contribution in [0.1, 0.15) is 12.0 Å². The molecule has 0 amide bonds. The summed E-state index contributed by atoms with van der Waals surface area (Å²) in [4.78, 5) is 0. The van der Waals surface area contributed by atoms with Crippen LogP contribution < -0.4 is 10.1 Å². The molecule has 96 valence electrons. The van der Waals surface area contributed by atoms with Crippen molar-refractivity contribution in [1.29, 1.82) is 0 Å². The quantitative estimate of drug-likeness (QED) is 0.865. The highest BCUT2D eigenvalue weighted by Gasteiger charge is 2.10. The fourth-order valence-corrected chi connectivity index (χ4v) is 1.93. The van der Waals surface area contributed by atoms with E-state index in [1.54, 1.807) is 7.11 Å². The van der Waals surface area contributed by atoms with Crippen molar-refractivity contribution in [3.8, 4) is 5.75 Å². The third kappa shape index (κ3) is 3.37. The molecule has 3 nitrogen and oxygen atoms in total. The van der Waals surface area contributed by atoms with Gasteiger partial charge in [0.1, 0.15) is 17.6 Å². The number of benzene rings is 1. The van der Waals surface area contributed by atoms with Crippen LogP contribution in [0.5, 0.6) is 5.75 Å². The molecule has 1 aromatic carbocycles. The lowest BCUT2D eigenvalue weighted by Crippen LogP contribution is -2.15. The van der Waals surface area contributed by atoms with Gasteiger partial charge in [-0.3, -0.25) is 0 Å². The van der Waals surface area contributed by atoms with Gasteiger partial charge in [0.05, 0.1) is 7.11 Å². The molecule has 0 aliphatic heterocycles. The van der Waals surface area contributed by atoms with Crippen molar-refractivity contribution < 1.29 is 9.47 Å². The van der Waals surface area contributed by atoms with Crippen LogP contribution in [0.25, 0.3) is 0 Å². The highest BCUT2D eigenvalue weighted by atomic mass is 16.5. The van der Waals surface area contributed by atoms with Crippen molar-refractivity contribution in [2.45, 2.75) is 19.1 Å². The van der Waals surface area contributed by atoms with Gasteiger partial charge in [0.2, 0.25) is 0 Å². The molecule has 0 fully saturated rings. The van der Waals surface area contributed by atoms with E-state index in [1.807, 2.05) is 37.4 Å². The van der Waals surface area contributed by atoms with E-state index in [1.165, 1.54) is 5.56 Å². The summed E-state index contributed by atoms with van der Waals surface area (Å²) in [5, 5.41) is 3.13. The molecular formula is C15H19NO2. The van der Waals surface area contributed by atoms with Crippen molar-refractivity contribution in [2.75, 3.05) is 14.2 Å². The minimum absolute atomic E-state index is 0.0914. The first kappa shape index (κ1) is 12.7. The summed E-state index contributed by atoms with van der Waals surface area (Å²) in [6, 6.07) is 8.16. The summed E-state index contributed by atoms with van der Waals surface area (Å²) >= 11 is 0. The van der Waals surface area contributed by atoms with Crippen molar-refractivity contribution in [3.63, 3.8) is 0 Å². The lowest BCUT2D eigenvalue weighted by molar-refractivity contribution is 0.240. The number of methoxy groups -OCH3 is 1. The number of ether oxygens (including phenoxy) is 2. The van der Waals surface area contributed by atoms with E-state index in [4.69, 9.17) is 9.47 Å². The Morgan fingerprint density at radius 2 is 2.28 bits per heavy atom. The third-order valence-electron chi connectivity index (χ3n) is 2.83. The fraction of sp³-hybridized carbons (Fsp3) is 0.333. The molecule has 1 aromatic rings. The Labute approximate surface area is 108 Å². The molecule has 0 saturated carbocycles. The maximum absolute atomic E-state index is 5.92. The molecule has 1 aliphatic carbocycles. The van der Waals surface area contributed by atoms with Crippen LogP contribution in [0.3, 0.4) is 0 Å². The Morgan fingerprint density at radius 3 is 2.94 bits per heavy atom. The van der Waals surface area contributed by atoms with E-state index in [-0.39, 0.29) is 6.10 Å². The van der Waals surface area contributed by atoms with Crippen LogP contribution in [0.2, 0.25) is 0 Å². The second-order valence-electron chi connectivity index (χ2n) is 4.24. The Balaban J connectivity index is 1.96. The van der Waals surface area contributed by atoms with Gasteiger partial charge in [0, 0.05) is 13.0 Å². The van der Waals surface area contributed by atoms with E-state index < -0.39 is 0 Å². The molecular weight excluding hydrogens is 226 g/mol. The predicted octanol–water partition coefficient (Wildman–Crippen LogP) is 2.64. The summed E-state index contributed by atoms with van der Waals surface area (Å²) in [5.74, 6) is 1.81. The molecule has 0 bridgehead atoms. The molecule has 1 unspecified atom stereocenters. The van der Waals surface area contributed by atoms with Crippen LogP contribution in [-0.4, -0.2) is 20.3 Å². The van der Waals surface area contributed by atoms with Gasteiger partial charge in [-0.05, 0) is 43.0 Å². The summed E-state index contributed by atoms with van der Waals surface area (Å²) in [6.07, 6.45) is 6.96. The maximum atomic E-state index is 5.92. The topological polar surface area (TPSA) is 30.5 Å². The molecule has 0 aromatic heterocycles. The zero-order chi connectivity index (χ0) is 12.8. The lowest BCUT2D eigenvalue weighted by atomic mass is 10.1. The zero-order valence-electron chi connectivity index (χ0n) is 10.8.